The van der Waals surface area contributed by atoms with Crippen molar-refractivity contribution in [3.63, 3.8) is 0 Å². The molecule has 112 valence electrons. The first-order chi connectivity index (χ1) is 8.92. The van der Waals surface area contributed by atoms with Crippen LogP contribution in [0, 0.1) is 11.8 Å². The fourth-order valence-electron chi connectivity index (χ4n) is 3.71. The van der Waals surface area contributed by atoms with E-state index < -0.39 is 8.56 Å². The third-order valence-corrected chi connectivity index (χ3v) is 8.14. The maximum absolute atomic E-state index is 5.97. The van der Waals surface area contributed by atoms with Gasteiger partial charge in [-0.05, 0) is 64.5 Å². The molecular weight excluding hydrogens is 256 g/mol. The molecule has 1 saturated heterocycles. The maximum atomic E-state index is 5.97. The molecule has 2 rings (SSSR count). The molecule has 0 aromatic rings. The van der Waals surface area contributed by atoms with Gasteiger partial charge in [-0.3, -0.25) is 0 Å². The van der Waals surface area contributed by atoms with Crippen molar-refractivity contribution < 1.29 is 13.6 Å². The third kappa shape index (κ3) is 3.60. The molecule has 4 atom stereocenters. The van der Waals surface area contributed by atoms with Gasteiger partial charge in [0.1, 0.15) is 0 Å². The molecule has 4 unspecified atom stereocenters. The predicted molar refractivity (Wildman–Crippen MR) is 79.5 cm³/mol. The van der Waals surface area contributed by atoms with E-state index in [1.807, 2.05) is 0 Å². The van der Waals surface area contributed by atoms with E-state index in [0.717, 1.165) is 25.2 Å². The summed E-state index contributed by atoms with van der Waals surface area (Å²) in [6.45, 7) is 12.5. The Balaban J connectivity index is 1.86. The molecule has 0 aromatic carbocycles. The van der Waals surface area contributed by atoms with Crippen LogP contribution in [0.1, 0.15) is 47.0 Å². The molecule has 0 bridgehead atoms. The van der Waals surface area contributed by atoms with Crippen molar-refractivity contribution in [2.24, 2.45) is 11.8 Å². The van der Waals surface area contributed by atoms with E-state index in [4.69, 9.17) is 13.6 Å². The van der Waals surface area contributed by atoms with Crippen LogP contribution in [0.5, 0.6) is 0 Å². The molecule has 3 nitrogen and oxygen atoms in total. The van der Waals surface area contributed by atoms with Gasteiger partial charge in [0, 0.05) is 13.2 Å². The van der Waals surface area contributed by atoms with Crippen LogP contribution in [0.25, 0.3) is 0 Å². The Morgan fingerprint density at radius 1 is 1.32 bits per heavy atom. The lowest BCUT2D eigenvalue weighted by molar-refractivity contribution is 0.174. The normalized spacial score (nSPS) is 35.8. The van der Waals surface area contributed by atoms with Crippen LogP contribution in [-0.2, 0) is 13.6 Å². The molecule has 19 heavy (non-hydrogen) atoms. The van der Waals surface area contributed by atoms with Gasteiger partial charge in [0.15, 0.2) is 0 Å². The quantitative estimate of drug-likeness (QED) is 0.528. The maximum Gasteiger partial charge on any atom is 0.335 e. The summed E-state index contributed by atoms with van der Waals surface area (Å²) in [5.74, 6) is 1.47. The summed E-state index contributed by atoms with van der Waals surface area (Å²) < 4.78 is 17.8. The highest BCUT2D eigenvalue weighted by Crippen LogP contribution is 2.51. The molecule has 0 radical (unpaired) electrons. The average molecular weight is 286 g/mol. The number of ether oxygens (including phenoxy) is 1. The number of hydrogen-bond donors (Lipinski definition) is 0. The molecule has 1 aliphatic carbocycles. The van der Waals surface area contributed by atoms with Crippen molar-refractivity contribution >= 4 is 8.56 Å². The molecule has 4 heteroatoms. The predicted octanol–water partition coefficient (Wildman–Crippen LogP) is 3.73. The minimum atomic E-state index is -1.96. The zero-order chi connectivity index (χ0) is 14.1. The highest BCUT2D eigenvalue weighted by molar-refractivity contribution is 6.66. The van der Waals surface area contributed by atoms with E-state index in [1.165, 1.54) is 19.3 Å². The molecule has 1 saturated carbocycles. The van der Waals surface area contributed by atoms with Crippen LogP contribution in [0.3, 0.4) is 0 Å². The summed E-state index contributed by atoms with van der Waals surface area (Å²) in [5, 5.41) is 0. The van der Waals surface area contributed by atoms with E-state index in [2.05, 4.69) is 34.2 Å². The van der Waals surface area contributed by atoms with Gasteiger partial charge in [-0.2, -0.15) is 0 Å². The lowest BCUT2D eigenvalue weighted by atomic mass is 9.77. The Morgan fingerprint density at radius 2 is 1.95 bits per heavy atom. The standard InChI is InChI=1S/C15H30O3Si/c1-6-16-19(5,17-7-2)11-12(3)13-8-9-15(4)14(10-13)18-15/h12-14H,6-11H2,1-5H3. The van der Waals surface area contributed by atoms with E-state index in [0.29, 0.717) is 12.0 Å². The van der Waals surface area contributed by atoms with Crippen LogP contribution in [0.4, 0.5) is 0 Å². The molecule has 0 amide bonds. The summed E-state index contributed by atoms with van der Waals surface area (Å²) >= 11 is 0. The van der Waals surface area contributed by atoms with Crippen molar-refractivity contribution in [1.29, 1.82) is 0 Å². The number of epoxide rings is 1. The lowest BCUT2D eigenvalue weighted by Crippen LogP contribution is -2.42. The van der Waals surface area contributed by atoms with E-state index in [1.54, 1.807) is 0 Å². The smallest absolute Gasteiger partial charge is 0.335 e. The Hall–Kier alpha value is 0.0969. The first-order valence-corrected chi connectivity index (χ1v) is 10.4. The van der Waals surface area contributed by atoms with Gasteiger partial charge in [0.25, 0.3) is 0 Å². The number of hydrogen-bond acceptors (Lipinski definition) is 3. The van der Waals surface area contributed by atoms with Crippen LogP contribution >= 0.6 is 0 Å². The number of fused-ring (bicyclic) bond motifs is 1. The molecule has 0 spiro atoms. The highest BCUT2D eigenvalue weighted by Gasteiger charge is 2.56. The fourth-order valence-corrected chi connectivity index (χ4v) is 6.76. The first-order valence-electron chi connectivity index (χ1n) is 7.88. The second kappa shape index (κ2) is 5.84. The lowest BCUT2D eigenvalue weighted by Gasteiger charge is -2.33. The first kappa shape index (κ1) is 15.5. The highest BCUT2D eigenvalue weighted by atomic mass is 28.4. The minimum Gasteiger partial charge on any atom is -0.395 e. The van der Waals surface area contributed by atoms with Gasteiger partial charge >= 0.3 is 8.56 Å². The van der Waals surface area contributed by atoms with E-state index in [-0.39, 0.29) is 5.60 Å². The van der Waals surface area contributed by atoms with Crippen molar-refractivity contribution in [2.45, 2.75) is 71.3 Å². The summed E-state index contributed by atoms with van der Waals surface area (Å²) in [4.78, 5) is 0. The van der Waals surface area contributed by atoms with Crippen molar-refractivity contribution in [1.82, 2.24) is 0 Å². The van der Waals surface area contributed by atoms with E-state index in [9.17, 15) is 0 Å². The summed E-state index contributed by atoms with van der Waals surface area (Å²) in [6.07, 6.45) is 4.30. The van der Waals surface area contributed by atoms with Gasteiger partial charge in [-0.15, -0.1) is 0 Å². The Kier molecular flexibility index (Phi) is 4.76. The van der Waals surface area contributed by atoms with Crippen molar-refractivity contribution in [3.8, 4) is 0 Å². The minimum absolute atomic E-state index is 0.233. The number of rotatable bonds is 7. The molecule has 1 aliphatic heterocycles. The second-order valence-corrected chi connectivity index (χ2v) is 9.89. The zero-order valence-electron chi connectivity index (χ0n) is 13.2. The fraction of sp³-hybridized carbons (Fsp3) is 1.00. The van der Waals surface area contributed by atoms with Crippen LogP contribution < -0.4 is 0 Å². The summed E-state index contributed by atoms with van der Waals surface area (Å²) in [5.41, 5.74) is 0.233. The van der Waals surface area contributed by atoms with Crippen LogP contribution in [-0.4, -0.2) is 33.5 Å². The second-order valence-electron chi connectivity index (χ2n) is 6.63. The summed E-state index contributed by atoms with van der Waals surface area (Å²) in [7, 11) is -1.96. The van der Waals surface area contributed by atoms with Gasteiger partial charge in [-0.1, -0.05) is 6.92 Å². The molecular formula is C15H30O3Si. The van der Waals surface area contributed by atoms with Crippen molar-refractivity contribution in [2.75, 3.05) is 13.2 Å². The Morgan fingerprint density at radius 3 is 2.47 bits per heavy atom. The van der Waals surface area contributed by atoms with Gasteiger partial charge < -0.3 is 13.6 Å². The molecule has 0 N–H and O–H groups in total. The zero-order valence-corrected chi connectivity index (χ0v) is 14.2. The topological polar surface area (TPSA) is 31.0 Å². The third-order valence-electron chi connectivity index (χ3n) is 4.96. The van der Waals surface area contributed by atoms with Crippen LogP contribution in [0.15, 0.2) is 0 Å². The molecule has 2 fully saturated rings. The van der Waals surface area contributed by atoms with Gasteiger partial charge in [-0.25, -0.2) is 0 Å². The average Bonchev–Trinajstić information content (AvgIpc) is 2.99. The van der Waals surface area contributed by atoms with Crippen molar-refractivity contribution in [3.05, 3.63) is 0 Å². The molecule has 2 aliphatic rings. The molecule has 1 heterocycles. The van der Waals surface area contributed by atoms with E-state index >= 15 is 0 Å². The van der Waals surface area contributed by atoms with Crippen LogP contribution in [0.2, 0.25) is 12.6 Å². The van der Waals surface area contributed by atoms with Gasteiger partial charge in [0.05, 0.1) is 11.7 Å². The Bertz CT molecular complexity index is 304. The Labute approximate surface area is 119 Å². The SMILES string of the molecule is CCO[Si](C)(CC(C)C1CCC2(C)OC2C1)OCC. The largest absolute Gasteiger partial charge is 0.395 e. The summed E-state index contributed by atoms with van der Waals surface area (Å²) in [6, 6.07) is 1.11. The molecule has 0 aromatic heterocycles. The van der Waals surface area contributed by atoms with Gasteiger partial charge in [0.2, 0.25) is 0 Å². The monoisotopic (exact) mass is 286 g/mol.